The lowest BCUT2D eigenvalue weighted by molar-refractivity contribution is 0.0734. The minimum Gasteiger partial charge on any atom is -0.422 e. The molecule has 39 heavy (non-hydrogen) atoms. The lowest BCUT2D eigenvalue weighted by Crippen LogP contribution is -2.19. The second-order valence-electron chi connectivity index (χ2n) is 8.97. The smallest absolute Gasteiger partial charge is 0.343 e. The van der Waals surface area contributed by atoms with Gasteiger partial charge in [-0.2, -0.15) is 5.10 Å². The summed E-state index contributed by atoms with van der Waals surface area (Å²) in [5, 5.41) is 5.55. The number of amides is 1. The fourth-order valence-corrected chi connectivity index (χ4v) is 4.43. The van der Waals surface area contributed by atoms with Crippen LogP contribution in [-0.2, 0) is 0 Å². The first-order chi connectivity index (χ1) is 18.9. The Morgan fingerprint density at radius 3 is 2.41 bits per heavy atom. The molecule has 0 saturated carbocycles. The second-order valence-corrected chi connectivity index (χ2v) is 9.38. The number of carbonyl (C=O) groups is 2. The summed E-state index contributed by atoms with van der Waals surface area (Å²) < 4.78 is 5.57. The topological polar surface area (TPSA) is 86.8 Å². The zero-order chi connectivity index (χ0) is 27.4. The predicted molar refractivity (Wildman–Crippen MR) is 156 cm³/mol. The van der Waals surface area contributed by atoms with Gasteiger partial charge in [-0.25, -0.2) is 10.2 Å². The number of fused-ring (bicyclic) bond motifs is 1. The maximum absolute atomic E-state index is 13.4. The van der Waals surface area contributed by atoms with Crippen LogP contribution >= 0.6 is 11.6 Å². The van der Waals surface area contributed by atoms with E-state index in [4.69, 9.17) is 16.3 Å². The highest BCUT2D eigenvalue weighted by Crippen LogP contribution is 2.38. The highest BCUT2D eigenvalue weighted by atomic mass is 35.5. The molecule has 0 radical (unpaired) electrons. The van der Waals surface area contributed by atoms with Crippen molar-refractivity contribution in [3.05, 3.63) is 119 Å². The van der Waals surface area contributed by atoms with Gasteiger partial charge >= 0.3 is 5.97 Å². The van der Waals surface area contributed by atoms with Gasteiger partial charge in [0.1, 0.15) is 11.4 Å². The van der Waals surface area contributed by atoms with Crippen LogP contribution in [0.3, 0.4) is 0 Å². The van der Waals surface area contributed by atoms with E-state index < -0.39 is 11.9 Å². The van der Waals surface area contributed by atoms with Gasteiger partial charge < -0.3 is 14.6 Å². The molecule has 194 valence electrons. The van der Waals surface area contributed by atoms with Gasteiger partial charge in [-0.1, -0.05) is 60.1 Å². The molecule has 1 aromatic heterocycles. The van der Waals surface area contributed by atoms with Crippen molar-refractivity contribution in [2.75, 3.05) is 19.0 Å². The zero-order valence-corrected chi connectivity index (χ0v) is 22.1. The Balaban J connectivity index is 1.44. The van der Waals surface area contributed by atoms with Crippen LogP contribution in [0.15, 0.2) is 102 Å². The van der Waals surface area contributed by atoms with Crippen molar-refractivity contribution in [1.29, 1.82) is 0 Å². The number of nitrogens with one attached hydrogen (secondary N) is 2. The van der Waals surface area contributed by atoms with Crippen molar-refractivity contribution in [2.24, 2.45) is 5.10 Å². The number of esters is 1. The molecule has 0 unspecified atom stereocenters. The third kappa shape index (κ3) is 5.54. The van der Waals surface area contributed by atoms with Crippen molar-refractivity contribution < 1.29 is 14.3 Å². The molecule has 0 aliphatic rings. The number of ether oxygens (including phenoxy) is 1. The summed E-state index contributed by atoms with van der Waals surface area (Å²) in [4.78, 5) is 31.1. The van der Waals surface area contributed by atoms with Crippen LogP contribution in [-0.4, -0.2) is 37.2 Å². The van der Waals surface area contributed by atoms with E-state index in [1.165, 1.54) is 6.21 Å². The molecule has 7 nitrogen and oxygen atoms in total. The number of aromatic amines is 1. The summed E-state index contributed by atoms with van der Waals surface area (Å²) in [6, 6.07) is 29.0. The summed E-state index contributed by atoms with van der Waals surface area (Å²) in [6.45, 7) is 0. The van der Waals surface area contributed by atoms with Gasteiger partial charge in [0.25, 0.3) is 5.91 Å². The van der Waals surface area contributed by atoms with Gasteiger partial charge in [0.15, 0.2) is 0 Å². The Morgan fingerprint density at radius 2 is 1.64 bits per heavy atom. The van der Waals surface area contributed by atoms with E-state index in [0.29, 0.717) is 33.2 Å². The maximum Gasteiger partial charge on any atom is 0.343 e. The lowest BCUT2D eigenvalue weighted by Gasteiger charge is -2.13. The van der Waals surface area contributed by atoms with Crippen LogP contribution in [0.4, 0.5) is 5.69 Å². The fourth-order valence-electron chi connectivity index (χ4n) is 4.20. The Labute approximate surface area is 230 Å². The van der Waals surface area contributed by atoms with Crippen molar-refractivity contribution in [3.63, 3.8) is 0 Å². The second kappa shape index (κ2) is 11.2. The third-order valence-electron chi connectivity index (χ3n) is 6.17. The SMILES string of the molecule is CN(C)c1ccc2[nH]c(C(=O)NN=Cc3ccccc3OC(=O)c3ccccc3)c(-c3ccccc3Cl)c2c1. The molecule has 8 heteroatoms. The molecule has 5 rings (SSSR count). The summed E-state index contributed by atoms with van der Waals surface area (Å²) >= 11 is 6.56. The summed E-state index contributed by atoms with van der Waals surface area (Å²) in [7, 11) is 3.92. The van der Waals surface area contributed by atoms with E-state index in [-0.39, 0.29) is 0 Å². The molecule has 0 fully saturated rings. The molecule has 0 aliphatic heterocycles. The van der Waals surface area contributed by atoms with Gasteiger partial charge in [-0.05, 0) is 48.5 Å². The van der Waals surface area contributed by atoms with Crippen LogP contribution in [0.25, 0.3) is 22.0 Å². The number of halogens is 1. The Morgan fingerprint density at radius 1 is 0.923 bits per heavy atom. The molecule has 4 aromatic carbocycles. The van der Waals surface area contributed by atoms with Crippen LogP contribution < -0.4 is 15.1 Å². The Kier molecular flexibility index (Phi) is 7.43. The normalized spacial score (nSPS) is 11.1. The first kappa shape index (κ1) is 25.8. The first-order valence-electron chi connectivity index (χ1n) is 12.2. The van der Waals surface area contributed by atoms with E-state index in [1.807, 2.05) is 61.5 Å². The summed E-state index contributed by atoms with van der Waals surface area (Å²) in [5.74, 6) is -0.606. The van der Waals surface area contributed by atoms with Gasteiger partial charge in [-0.15, -0.1) is 0 Å². The van der Waals surface area contributed by atoms with E-state index in [2.05, 4.69) is 15.5 Å². The van der Waals surface area contributed by atoms with Crippen LogP contribution in [0.5, 0.6) is 5.75 Å². The molecule has 1 amide bonds. The van der Waals surface area contributed by atoms with E-state index in [9.17, 15) is 9.59 Å². The van der Waals surface area contributed by atoms with Crippen molar-refractivity contribution in [1.82, 2.24) is 10.4 Å². The molecule has 0 bridgehead atoms. The zero-order valence-electron chi connectivity index (χ0n) is 21.3. The average molecular weight is 537 g/mol. The van der Waals surface area contributed by atoms with Gasteiger partial charge in [-0.3, -0.25) is 4.79 Å². The number of hydrogen-bond acceptors (Lipinski definition) is 5. The predicted octanol–water partition coefficient (Wildman–Crippen LogP) is 6.54. The van der Waals surface area contributed by atoms with E-state index in [0.717, 1.165) is 22.2 Å². The number of hydrogen-bond donors (Lipinski definition) is 2. The maximum atomic E-state index is 13.4. The molecule has 1 heterocycles. The van der Waals surface area contributed by atoms with Crippen LogP contribution in [0.1, 0.15) is 26.4 Å². The van der Waals surface area contributed by atoms with Crippen molar-refractivity contribution in [2.45, 2.75) is 0 Å². The lowest BCUT2D eigenvalue weighted by atomic mass is 10.0. The number of benzene rings is 4. The monoisotopic (exact) mass is 536 g/mol. The van der Waals surface area contributed by atoms with E-state index >= 15 is 0 Å². The average Bonchev–Trinajstić information content (AvgIpc) is 3.33. The van der Waals surface area contributed by atoms with E-state index in [1.54, 1.807) is 54.6 Å². The van der Waals surface area contributed by atoms with Crippen LogP contribution in [0.2, 0.25) is 5.02 Å². The number of H-pyrrole nitrogens is 1. The number of carbonyl (C=O) groups excluding carboxylic acids is 2. The quantitative estimate of drug-likeness (QED) is 0.107. The number of para-hydroxylation sites is 1. The first-order valence-corrected chi connectivity index (χ1v) is 12.6. The van der Waals surface area contributed by atoms with Crippen LogP contribution in [0, 0.1) is 0 Å². The Hall–Kier alpha value is -4.88. The number of nitrogens with zero attached hydrogens (tertiary/aromatic N) is 2. The number of anilines is 1. The Bertz CT molecular complexity index is 1690. The summed E-state index contributed by atoms with van der Waals surface area (Å²) in [6.07, 6.45) is 1.44. The van der Waals surface area contributed by atoms with Gasteiger partial charge in [0, 0.05) is 52.4 Å². The van der Waals surface area contributed by atoms with Gasteiger partial charge in [0.05, 0.1) is 11.8 Å². The minimum atomic E-state index is -0.486. The third-order valence-corrected chi connectivity index (χ3v) is 6.50. The minimum absolute atomic E-state index is 0.322. The molecule has 0 atom stereocenters. The van der Waals surface area contributed by atoms with Crippen molar-refractivity contribution in [3.8, 4) is 16.9 Å². The molecule has 5 aromatic rings. The largest absolute Gasteiger partial charge is 0.422 e. The highest BCUT2D eigenvalue weighted by molar-refractivity contribution is 6.34. The fraction of sp³-hybridized carbons (Fsp3) is 0.0645. The highest BCUT2D eigenvalue weighted by Gasteiger charge is 2.21. The molecule has 0 aliphatic carbocycles. The summed E-state index contributed by atoms with van der Waals surface area (Å²) in [5.41, 5.74) is 7.08. The van der Waals surface area contributed by atoms with Crippen molar-refractivity contribution >= 4 is 46.3 Å². The molecular weight excluding hydrogens is 512 g/mol. The van der Waals surface area contributed by atoms with Gasteiger partial charge in [0.2, 0.25) is 0 Å². The molecular formula is C31H25ClN4O3. The molecule has 0 spiro atoms. The molecule has 0 saturated heterocycles. The standard InChI is InChI=1S/C31H25ClN4O3/c1-36(2)22-16-17-26-24(18-22)28(23-13-7-8-14-25(23)32)29(34-26)30(37)35-33-19-21-12-6-9-15-27(21)39-31(38)20-10-4-3-5-11-20/h3-19,34H,1-2H3,(H,35,37). The molecule has 2 N–H and O–H groups in total. The number of aromatic nitrogens is 1. The number of hydrazone groups is 1. The number of rotatable bonds is 7.